The number of methoxy groups -OCH3 is 1. The summed E-state index contributed by atoms with van der Waals surface area (Å²) in [5.41, 5.74) is 3.21. The van der Waals surface area contributed by atoms with Gasteiger partial charge in [0, 0.05) is 50.2 Å². The largest absolute Gasteiger partial charge is 0.379 e. The topological polar surface area (TPSA) is 55.0 Å². The second kappa shape index (κ2) is 9.45. The second-order valence-corrected chi connectivity index (χ2v) is 9.29. The fraction of sp³-hybridized carbons (Fsp3) is 0.783. The van der Waals surface area contributed by atoms with Gasteiger partial charge in [0.2, 0.25) is 0 Å². The zero-order valence-corrected chi connectivity index (χ0v) is 19.9. The molecule has 0 amide bonds. The number of aromatic nitrogens is 2. The molecule has 4 unspecified atom stereocenters. The molecule has 0 bridgehead atoms. The first-order valence-corrected chi connectivity index (χ1v) is 11.4. The number of aryl methyl sites for hydroxylation is 1. The molecule has 3 rings (SSSR count). The highest BCUT2D eigenvalue weighted by atomic mass is 19.3. The molecular formula is C23H37F2N5O. The number of ether oxygens (including phenoxy) is 1. The van der Waals surface area contributed by atoms with Crippen molar-refractivity contribution in [3.8, 4) is 0 Å². The molecule has 0 spiro atoms. The van der Waals surface area contributed by atoms with Crippen LogP contribution in [0.1, 0.15) is 76.6 Å². The predicted octanol–water partition coefficient (Wildman–Crippen LogP) is 4.85. The van der Waals surface area contributed by atoms with Crippen molar-refractivity contribution in [1.82, 2.24) is 14.7 Å². The minimum atomic E-state index is -3.03. The Morgan fingerprint density at radius 2 is 2.03 bits per heavy atom. The van der Waals surface area contributed by atoms with Crippen LogP contribution in [-0.4, -0.2) is 65.1 Å². The average Bonchev–Trinajstić information content (AvgIpc) is 3.40. The van der Waals surface area contributed by atoms with Crippen molar-refractivity contribution in [2.75, 3.05) is 20.7 Å². The summed E-state index contributed by atoms with van der Waals surface area (Å²) in [6.07, 6.45) is 5.94. The lowest BCUT2D eigenvalue weighted by Crippen LogP contribution is -2.44. The highest BCUT2D eigenvalue weighted by Crippen LogP contribution is 2.41. The van der Waals surface area contributed by atoms with Crippen LogP contribution < -0.4 is 0 Å². The lowest BCUT2D eigenvalue weighted by molar-refractivity contribution is 0.0953. The number of nitrogens with zero attached hydrogens (tertiary/aromatic N) is 5. The molecule has 5 atom stereocenters. The Morgan fingerprint density at radius 1 is 1.32 bits per heavy atom. The van der Waals surface area contributed by atoms with E-state index >= 15 is 0 Å². The van der Waals surface area contributed by atoms with Crippen LogP contribution in [0.15, 0.2) is 16.2 Å². The number of halogens is 2. The van der Waals surface area contributed by atoms with Gasteiger partial charge in [0.25, 0.3) is 0 Å². The standard InChI is InChI=1S/C23H37F2N5O/c1-8-9-17(20-14(2)13-26-30(20)18-12-19(18)31-7)10-11-29(6)21-15(3)16(4)27-22(28-21)23(5,24)25/h13,15,17-19,21H,8-12H2,1-7H3/t15-,17?,18?,19?,21?/m0/s1. The van der Waals surface area contributed by atoms with Gasteiger partial charge in [-0.2, -0.15) is 13.9 Å². The summed E-state index contributed by atoms with van der Waals surface area (Å²) in [6.45, 7) is 9.78. The summed E-state index contributed by atoms with van der Waals surface area (Å²) in [5.74, 6) is -3.03. The highest BCUT2D eigenvalue weighted by Gasteiger charge is 2.42. The van der Waals surface area contributed by atoms with E-state index in [9.17, 15) is 8.78 Å². The van der Waals surface area contributed by atoms with Crippen LogP contribution in [0.4, 0.5) is 8.78 Å². The van der Waals surface area contributed by atoms with Gasteiger partial charge in [-0.25, -0.2) is 9.98 Å². The molecule has 174 valence electrons. The Bertz CT molecular complexity index is 828. The highest BCUT2D eigenvalue weighted by molar-refractivity contribution is 6.03. The maximum Gasteiger partial charge on any atom is 0.303 e. The molecule has 0 saturated heterocycles. The van der Waals surface area contributed by atoms with E-state index in [2.05, 4.69) is 38.5 Å². The number of hydrogen-bond donors (Lipinski definition) is 0. The minimum absolute atomic E-state index is 0.00177. The van der Waals surface area contributed by atoms with Gasteiger partial charge in [0.05, 0.1) is 18.3 Å². The van der Waals surface area contributed by atoms with Crippen LogP contribution in [0.2, 0.25) is 0 Å². The van der Waals surface area contributed by atoms with Crippen molar-refractivity contribution in [3.63, 3.8) is 0 Å². The van der Waals surface area contributed by atoms with Gasteiger partial charge in [-0.15, -0.1) is 0 Å². The molecule has 2 heterocycles. The molecule has 2 aliphatic rings. The molecule has 0 aromatic carbocycles. The van der Waals surface area contributed by atoms with Crippen LogP contribution in [-0.2, 0) is 4.74 Å². The first-order chi connectivity index (χ1) is 14.6. The number of alkyl halides is 2. The van der Waals surface area contributed by atoms with Crippen LogP contribution in [0.5, 0.6) is 0 Å². The average molecular weight is 438 g/mol. The smallest absolute Gasteiger partial charge is 0.303 e. The van der Waals surface area contributed by atoms with Gasteiger partial charge in [-0.05, 0) is 39.3 Å². The molecule has 0 radical (unpaired) electrons. The summed E-state index contributed by atoms with van der Waals surface area (Å²) in [7, 11) is 3.73. The van der Waals surface area contributed by atoms with Crippen molar-refractivity contribution in [2.45, 2.75) is 90.5 Å². The maximum atomic E-state index is 13.9. The van der Waals surface area contributed by atoms with E-state index in [1.165, 1.54) is 11.3 Å². The molecule has 1 fully saturated rings. The van der Waals surface area contributed by atoms with Crippen molar-refractivity contribution in [2.24, 2.45) is 15.9 Å². The van der Waals surface area contributed by atoms with E-state index in [1.54, 1.807) is 7.11 Å². The molecule has 1 aliphatic heterocycles. The Kier molecular flexibility index (Phi) is 7.31. The number of aliphatic imine (C=N–C) groups is 2. The fourth-order valence-corrected chi connectivity index (χ4v) is 4.60. The van der Waals surface area contributed by atoms with E-state index in [4.69, 9.17) is 4.74 Å². The minimum Gasteiger partial charge on any atom is -0.379 e. The van der Waals surface area contributed by atoms with Gasteiger partial charge in [0.1, 0.15) is 6.17 Å². The quantitative estimate of drug-likeness (QED) is 0.526. The molecule has 1 aromatic rings. The molecule has 31 heavy (non-hydrogen) atoms. The molecule has 8 heteroatoms. The van der Waals surface area contributed by atoms with E-state index in [0.29, 0.717) is 17.7 Å². The van der Waals surface area contributed by atoms with Crippen molar-refractivity contribution >= 4 is 11.5 Å². The zero-order chi connectivity index (χ0) is 22.9. The van der Waals surface area contributed by atoms with Crippen molar-refractivity contribution in [1.29, 1.82) is 0 Å². The van der Waals surface area contributed by atoms with Crippen LogP contribution in [0, 0.1) is 12.8 Å². The molecule has 6 nitrogen and oxygen atoms in total. The van der Waals surface area contributed by atoms with Gasteiger partial charge < -0.3 is 4.74 Å². The monoisotopic (exact) mass is 437 g/mol. The summed E-state index contributed by atoms with van der Waals surface area (Å²) >= 11 is 0. The second-order valence-electron chi connectivity index (χ2n) is 9.29. The number of hydrogen-bond acceptors (Lipinski definition) is 5. The van der Waals surface area contributed by atoms with E-state index in [1.807, 2.05) is 27.1 Å². The predicted molar refractivity (Wildman–Crippen MR) is 120 cm³/mol. The maximum absolute atomic E-state index is 13.9. The van der Waals surface area contributed by atoms with Crippen molar-refractivity contribution in [3.05, 3.63) is 17.5 Å². The summed E-state index contributed by atoms with van der Waals surface area (Å²) < 4.78 is 35.5. The summed E-state index contributed by atoms with van der Waals surface area (Å²) in [6, 6.07) is 0.321. The molecule has 0 N–H and O–H groups in total. The van der Waals surface area contributed by atoms with E-state index < -0.39 is 5.92 Å². The number of amidine groups is 1. The lowest BCUT2D eigenvalue weighted by Gasteiger charge is -2.34. The Morgan fingerprint density at radius 3 is 2.61 bits per heavy atom. The lowest BCUT2D eigenvalue weighted by atomic mass is 9.92. The van der Waals surface area contributed by atoms with Crippen LogP contribution >= 0.6 is 0 Å². The summed E-state index contributed by atoms with van der Waals surface area (Å²) in [5, 5.41) is 4.66. The first-order valence-electron chi connectivity index (χ1n) is 11.4. The first kappa shape index (κ1) is 24.0. The normalized spacial score (nSPS) is 27.3. The van der Waals surface area contributed by atoms with Crippen LogP contribution in [0.25, 0.3) is 0 Å². The van der Waals surface area contributed by atoms with Gasteiger partial charge in [-0.1, -0.05) is 20.3 Å². The molecule has 1 aromatic heterocycles. The molecule has 1 aliphatic carbocycles. The Balaban J connectivity index is 1.75. The molecule has 1 saturated carbocycles. The Labute approximate surface area is 184 Å². The van der Waals surface area contributed by atoms with Gasteiger partial charge in [-0.3, -0.25) is 9.58 Å². The summed E-state index contributed by atoms with van der Waals surface area (Å²) in [4.78, 5) is 10.5. The van der Waals surface area contributed by atoms with E-state index in [-0.39, 0.29) is 24.0 Å². The van der Waals surface area contributed by atoms with E-state index in [0.717, 1.165) is 39.2 Å². The fourth-order valence-electron chi connectivity index (χ4n) is 4.60. The number of rotatable bonds is 10. The third-order valence-corrected chi connectivity index (χ3v) is 6.68. The van der Waals surface area contributed by atoms with Crippen LogP contribution in [0.3, 0.4) is 0 Å². The third kappa shape index (κ3) is 5.22. The zero-order valence-electron chi connectivity index (χ0n) is 19.9. The van der Waals surface area contributed by atoms with Crippen molar-refractivity contribution < 1.29 is 13.5 Å². The van der Waals surface area contributed by atoms with Gasteiger partial charge in [0.15, 0.2) is 5.84 Å². The molecular weight excluding hydrogens is 400 g/mol. The third-order valence-electron chi connectivity index (χ3n) is 6.68. The SMILES string of the molecule is CCCC(CCN(C)C1N=C(C(C)(F)F)N=C(C)[C@@H]1C)c1c(C)cnn1C1CC1OC. The Hall–Kier alpha value is -1.67. The van der Waals surface area contributed by atoms with Gasteiger partial charge >= 0.3 is 5.92 Å².